The van der Waals surface area contributed by atoms with Crippen molar-refractivity contribution in [1.29, 1.82) is 0 Å². The van der Waals surface area contributed by atoms with Gasteiger partial charge in [-0.1, -0.05) is 27.2 Å². The minimum Gasteiger partial charge on any atom is -0.341 e. The van der Waals surface area contributed by atoms with Crippen LogP contribution >= 0.6 is 0 Å². The molecule has 1 aliphatic rings. The third-order valence-corrected chi connectivity index (χ3v) is 3.99. The second-order valence-corrected chi connectivity index (χ2v) is 5.13. The minimum absolute atomic E-state index is 0.753. The van der Waals surface area contributed by atoms with Crippen LogP contribution in [0.4, 0.5) is 5.95 Å². The number of aryl methyl sites for hydroxylation is 1. The van der Waals surface area contributed by atoms with Gasteiger partial charge in [0.05, 0.1) is 0 Å². The molecule has 1 saturated heterocycles. The van der Waals surface area contributed by atoms with E-state index in [1.54, 1.807) is 0 Å². The number of aromatic nitrogens is 2. The second kappa shape index (κ2) is 5.48. The highest BCUT2D eigenvalue weighted by atomic mass is 15.2. The highest BCUT2D eigenvalue weighted by molar-refractivity contribution is 5.30. The molecule has 0 amide bonds. The van der Waals surface area contributed by atoms with Gasteiger partial charge < -0.3 is 4.90 Å². The normalized spacial score (nSPS) is 25.0. The Kier molecular flexibility index (Phi) is 3.97. The summed E-state index contributed by atoms with van der Waals surface area (Å²) in [5, 5.41) is 0. The van der Waals surface area contributed by atoms with Crippen LogP contribution in [-0.4, -0.2) is 23.1 Å². The first-order chi connectivity index (χ1) is 8.24. The van der Waals surface area contributed by atoms with Crippen LogP contribution < -0.4 is 4.90 Å². The highest BCUT2D eigenvalue weighted by Gasteiger charge is 2.25. The topological polar surface area (TPSA) is 29.0 Å². The van der Waals surface area contributed by atoms with Gasteiger partial charge in [0.1, 0.15) is 0 Å². The maximum absolute atomic E-state index is 4.47. The zero-order valence-corrected chi connectivity index (χ0v) is 11.2. The maximum Gasteiger partial charge on any atom is 0.225 e. The minimum atomic E-state index is 0.753. The Hall–Kier alpha value is -1.12. The molecule has 0 aliphatic carbocycles. The molecular formula is C14H23N3. The van der Waals surface area contributed by atoms with E-state index in [9.17, 15) is 0 Å². The van der Waals surface area contributed by atoms with Gasteiger partial charge in [0.25, 0.3) is 0 Å². The van der Waals surface area contributed by atoms with Gasteiger partial charge in [-0.25, -0.2) is 9.97 Å². The number of anilines is 1. The monoisotopic (exact) mass is 233 g/mol. The van der Waals surface area contributed by atoms with Gasteiger partial charge >= 0.3 is 0 Å². The van der Waals surface area contributed by atoms with Crippen LogP contribution in [0.25, 0.3) is 0 Å². The number of hydrogen-bond donors (Lipinski definition) is 0. The summed E-state index contributed by atoms with van der Waals surface area (Å²) in [5.74, 6) is 2.54. The first-order valence-corrected chi connectivity index (χ1v) is 6.80. The molecule has 0 bridgehead atoms. The van der Waals surface area contributed by atoms with Crippen molar-refractivity contribution in [1.82, 2.24) is 9.97 Å². The van der Waals surface area contributed by atoms with E-state index < -0.39 is 0 Å². The van der Waals surface area contributed by atoms with Gasteiger partial charge in [0, 0.05) is 25.5 Å². The van der Waals surface area contributed by atoms with Crippen molar-refractivity contribution in [2.45, 2.75) is 40.0 Å². The van der Waals surface area contributed by atoms with E-state index in [0.29, 0.717) is 0 Å². The molecule has 3 heteroatoms. The summed E-state index contributed by atoms with van der Waals surface area (Å²) < 4.78 is 0. The molecule has 0 N–H and O–H groups in total. The van der Waals surface area contributed by atoms with E-state index in [2.05, 4.69) is 35.6 Å². The molecule has 0 radical (unpaired) electrons. The Morgan fingerprint density at radius 1 is 1.29 bits per heavy atom. The van der Waals surface area contributed by atoms with Gasteiger partial charge in [-0.3, -0.25) is 0 Å². The molecule has 2 rings (SSSR count). The summed E-state index contributed by atoms with van der Waals surface area (Å²) in [7, 11) is 0. The summed E-state index contributed by atoms with van der Waals surface area (Å²) in [5.41, 5.74) is 1.21. The van der Waals surface area contributed by atoms with Crippen LogP contribution in [0.3, 0.4) is 0 Å². The van der Waals surface area contributed by atoms with Gasteiger partial charge in [-0.2, -0.15) is 0 Å². The van der Waals surface area contributed by atoms with Crippen LogP contribution in [0.5, 0.6) is 0 Å². The van der Waals surface area contributed by atoms with Crippen molar-refractivity contribution < 1.29 is 0 Å². The summed E-state index contributed by atoms with van der Waals surface area (Å²) in [6, 6.07) is 0. The van der Waals surface area contributed by atoms with E-state index in [4.69, 9.17) is 0 Å². The quantitative estimate of drug-likeness (QED) is 0.804. The Labute approximate surface area is 104 Å². The van der Waals surface area contributed by atoms with Crippen molar-refractivity contribution in [3.8, 4) is 0 Å². The second-order valence-electron chi connectivity index (χ2n) is 5.13. The third-order valence-electron chi connectivity index (χ3n) is 3.99. The summed E-state index contributed by atoms with van der Waals surface area (Å²) in [6.07, 6.45) is 7.49. The summed E-state index contributed by atoms with van der Waals surface area (Å²) in [6.45, 7) is 8.98. The highest BCUT2D eigenvalue weighted by Crippen LogP contribution is 2.27. The van der Waals surface area contributed by atoms with Gasteiger partial charge in [-0.15, -0.1) is 0 Å². The van der Waals surface area contributed by atoms with Crippen LogP contribution in [0, 0.1) is 11.8 Å². The maximum atomic E-state index is 4.47. The molecule has 2 unspecified atom stereocenters. The molecule has 94 valence electrons. The van der Waals surface area contributed by atoms with Crippen LogP contribution in [0.15, 0.2) is 12.4 Å². The van der Waals surface area contributed by atoms with Gasteiger partial charge in [0.15, 0.2) is 0 Å². The SMILES string of the molecule is CCc1cnc(N2CCC(CC)C(C)C2)nc1. The van der Waals surface area contributed by atoms with Crippen molar-refractivity contribution in [2.24, 2.45) is 11.8 Å². The Morgan fingerprint density at radius 3 is 2.53 bits per heavy atom. The van der Waals surface area contributed by atoms with E-state index in [-0.39, 0.29) is 0 Å². The standard InChI is InChI=1S/C14H23N3/c1-4-12-8-15-14(16-9-12)17-7-6-13(5-2)11(3)10-17/h8-9,11,13H,4-7,10H2,1-3H3. The Balaban J connectivity index is 2.03. The summed E-state index contributed by atoms with van der Waals surface area (Å²) >= 11 is 0. The molecule has 2 heterocycles. The molecule has 1 fully saturated rings. The lowest BCUT2D eigenvalue weighted by molar-refractivity contribution is 0.289. The number of hydrogen-bond acceptors (Lipinski definition) is 3. The number of piperidine rings is 1. The van der Waals surface area contributed by atoms with E-state index in [1.165, 1.54) is 18.4 Å². The molecule has 1 aliphatic heterocycles. The summed E-state index contributed by atoms with van der Waals surface area (Å²) in [4.78, 5) is 11.3. The molecule has 2 atom stereocenters. The van der Waals surface area contributed by atoms with Crippen molar-refractivity contribution >= 4 is 5.95 Å². The third kappa shape index (κ3) is 2.76. The zero-order valence-electron chi connectivity index (χ0n) is 11.2. The molecule has 3 nitrogen and oxygen atoms in total. The molecular weight excluding hydrogens is 210 g/mol. The first kappa shape index (κ1) is 12.3. The predicted octanol–water partition coefficient (Wildman–Crippen LogP) is 2.91. The largest absolute Gasteiger partial charge is 0.341 e. The lowest BCUT2D eigenvalue weighted by Crippen LogP contribution is -2.40. The van der Waals surface area contributed by atoms with E-state index in [1.807, 2.05) is 12.4 Å². The van der Waals surface area contributed by atoms with Crippen LogP contribution in [-0.2, 0) is 6.42 Å². The Bertz CT molecular complexity index is 347. The molecule has 0 aromatic carbocycles. The van der Waals surface area contributed by atoms with Gasteiger partial charge in [-0.05, 0) is 30.2 Å². The fraction of sp³-hybridized carbons (Fsp3) is 0.714. The van der Waals surface area contributed by atoms with Crippen molar-refractivity contribution in [3.05, 3.63) is 18.0 Å². The Morgan fingerprint density at radius 2 is 2.00 bits per heavy atom. The average molecular weight is 233 g/mol. The van der Waals surface area contributed by atoms with Crippen molar-refractivity contribution in [2.75, 3.05) is 18.0 Å². The predicted molar refractivity (Wildman–Crippen MR) is 71.2 cm³/mol. The van der Waals surface area contributed by atoms with Crippen molar-refractivity contribution in [3.63, 3.8) is 0 Å². The van der Waals surface area contributed by atoms with E-state index >= 15 is 0 Å². The number of rotatable bonds is 3. The lowest BCUT2D eigenvalue weighted by atomic mass is 9.85. The fourth-order valence-electron chi connectivity index (χ4n) is 2.68. The molecule has 1 aromatic heterocycles. The molecule has 17 heavy (non-hydrogen) atoms. The molecule has 0 saturated carbocycles. The molecule has 0 spiro atoms. The number of nitrogens with zero attached hydrogens (tertiary/aromatic N) is 3. The van der Waals surface area contributed by atoms with E-state index in [0.717, 1.165) is 37.3 Å². The average Bonchev–Trinajstić information content (AvgIpc) is 2.39. The van der Waals surface area contributed by atoms with Crippen LogP contribution in [0.1, 0.15) is 39.2 Å². The first-order valence-electron chi connectivity index (χ1n) is 6.80. The fourth-order valence-corrected chi connectivity index (χ4v) is 2.68. The van der Waals surface area contributed by atoms with Crippen LogP contribution in [0.2, 0.25) is 0 Å². The van der Waals surface area contributed by atoms with Gasteiger partial charge in [0.2, 0.25) is 5.95 Å². The smallest absolute Gasteiger partial charge is 0.225 e. The zero-order chi connectivity index (χ0) is 12.3. The lowest BCUT2D eigenvalue weighted by Gasteiger charge is -2.36. The molecule has 1 aromatic rings.